The minimum Gasteiger partial charge on any atom is -0.481 e. The molecule has 0 saturated heterocycles. The molecule has 0 aliphatic carbocycles. The molecule has 0 amide bonds. The predicted molar refractivity (Wildman–Crippen MR) is 64.7 cm³/mol. The van der Waals surface area contributed by atoms with Crippen molar-refractivity contribution in [3.05, 3.63) is 35.4 Å². The van der Waals surface area contributed by atoms with Crippen molar-refractivity contribution in [1.82, 2.24) is 0 Å². The average Bonchev–Trinajstić information content (AvgIpc) is 2.18. The van der Waals surface area contributed by atoms with E-state index in [-0.39, 0.29) is 6.42 Å². The van der Waals surface area contributed by atoms with Crippen LogP contribution in [0.5, 0.6) is 0 Å². The molecule has 0 atom stereocenters. The largest absolute Gasteiger partial charge is 0.481 e. The zero-order chi connectivity index (χ0) is 10.4. The third-order valence-corrected chi connectivity index (χ3v) is 2.88. The second-order valence-electron chi connectivity index (χ2n) is 3.20. The topological polar surface area (TPSA) is 37.3 Å². The minimum absolute atomic E-state index is 0.258. The first-order valence-electron chi connectivity index (χ1n) is 4.58. The van der Waals surface area contributed by atoms with Crippen LogP contribution in [0, 0.1) is 0 Å². The smallest absolute Gasteiger partial charge is 0.303 e. The zero-order valence-electron chi connectivity index (χ0n) is 7.87. The molecule has 0 saturated carbocycles. The molecule has 0 radical (unpaired) electrons. The first-order chi connectivity index (χ1) is 6.72. The first-order valence-corrected chi connectivity index (χ1v) is 6.10. The summed E-state index contributed by atoms with van der Waals surface area (Å²) in [6.45, 7) is 0. The molecule has 0 heterocycles. The van der Waals surface area contributed by atoms with Gasteiger partial charge in [0.05, 0.1) is 0 Å². The third kappa shape index (κ3) is 4.09. The van der Waals surface area contributed by atoms with E-state index in [1.165, 1.54) is 11.1 Å². The van der Waals surface area contributed by atoms with Crippen LogP contribution in [0.15, 0.2) is 24.3 Å². The molecule has 0 aliphatic heterocycles. The highest BCUT2D eigenvalue weighted by atomic mass is 127. The highest BCUT2D eigenvalue weighted by molar-refractivity contribution is 14.1. The summed E-state index contributed by atoms with van der Waals surface area (Å²) in [7, 11) is 0. The monoisotopic (exact) mass is 304 g/mol. The van der Waals surface area contributed by atoms with Gasteiger partial charge in [0.1, 0.15) is 0 Å². The molecule has 2 nitrogen and oxygen atoms in total. The van der Waals surface area contributed by atoms with E-state index in [1.807, 2.05) is 6.07 Å². The number of benzene rings is 1. The standard InChI is InChI=1S/C11H13IO2/c12-8-10-5-1-3-9(7-10)4-2-6-11(13)14/h1,3,5,7H,2,4,6,8H2,(H,13,14). The molecule has 0 fully saturated rings. The molecule has 0 spiro atoms. The van der Waals surface area contributed by atoms with E-state index < -0.39 is 5.97 Å². The van der Waals surface area contributed by atoms with Crippen LogP contribution < -0.4 is 0 Å². The molecular formula is C11H13IO2. The van der Waals surface area contributed by atoms with Gasteiger partial charge in [0, 0.05) is 10.8 Å². The molecule has 14 heavy (non-hydrogen) atoms. The van der Waals surface area contributed by atoms with Gasteiger partial charge in [-0.1, -0.05) is 46.9 Å². The quantitative estimate of drug-likeness (QED) is 0.670. The normalized spacial score (nSPS) is 10.1. The van der Waals surface area contributed by atoms with Crippen LogP contribution in [0.25, 0.3) is 0 Å². The summed E-state index contributed by atoms with van der Waals surface area (Å²) in [5, 5.41) is 8.49. The van der Waals surface area contributed by atoms with Gasteiger partial charge in [-0.2, -0.15) is 0 Å². The Morgan fingerprint density at radius 2 is 2.07 bits per heavy atom. The molecule has 76 valence electrons. The van der Waals surface area contributed by atoms with Gasteiger partial charge in [0.25, 0.3) is 0 Å². The summed E-state index contributed by atoms with van der Waals surface area (Å²) < 4.78 is 1.00. The lowest BCUT2D eigenvalue weighted by molar-refractivity contribution is -0.137. The van der Waals surface area contributed by atoms with Gasteiger partial charge >= 0.3 is 5.97 Å². The Morgan fingerprint density at radius 1 is 1.36 bits per heavy atom. The van der Waals surface area contributed by atoms with Crippen molar-refractivity contribution in [2.45, 2.75) is 23.7 Å². The summed E-state index contributed by atoms with van der Waals surface area (Å²) in [6, 6.07) is 8.32. The summed E-state index contributed by atoms with van der Waals surface area (Å²) in [5.41, 5.74) is 2.54. The Morgan fingerprint density at radius 3 is 2.71 bits per heavy atom. The van der Waals surface area contributed by atoms with Crippen LogP contribution >= 0.6 is 22.6 Å². The number of aryl methyl sites for hydroxylation is 1. The first kappa shape index (κ1) is 11.5. The fraction of sp³-hybridized carbons (Fsp3) is 0.364. The van der Waals surface area contributed by atoms with E-state index in [0.717, 1.165) is 17.3 Å². The molecule has 0 bridgehead atoms. The van der Waals surface area contributed by atoms with Gasteiger partial charge < -0.3 is 5.11 Å². The second-order valence-corrected chi connectivity index (χ2v) is 3.96. The summed E-state index contributed by atoms with van der Waals surface area (Å²) in [6.07, 6.45) is 1.84. The Balaban J connectivity index is 2.46. The Labute approximate surface area is 97.5 Å². The molecule has 3 heteroatoms. The van der Waals surface area contributed by atoms with Crippen molar-refractivity contribution in [2.75, 3.05) is 0 Å². The number of hydrogen-bond acceptors (Lipinski definition) is 1. The molecule has 0 unspecified atom stereocenters. The van der Waals surface area contributed by atoms with E-state index in [2.05, 4.69) is 40.8 Å². The number of hydrogen-bond donors (Lipinski definition) is 1. The maximum Gasteiger partial charge on any atom is 0.303 e. The molecule has 0 aromatic heterocycles. The summed E-state index contributed by atoms with van der Waals surface area (Å²) in [4.78, 5) is 10.3. The Bertz CT molecular complexity index is 310. The van der Waals surface area contributed by atoms with Crippen molar-refractivity contribution < 1.29 is 9.90 Å². The van der Waals surface area contributed by atoms with Gasteiger partial charge in [-0.15, -0.1) is 0 Å². The van der Waals surface area contributed by atoms with E-state index in [9.17, 15) is 4.79 Å². The van der Waals surface area contributed by atoms with E-state index in [4.69, 9.17) is 5.11 Å². The van der Waals surface area contributed by atoms with E-state index >= 15 is 0 Å². The van der Waals surface area contributed by atoms with Crippen LogP contribution in [0.4, 0.5) is 0 Å². The van der Waals surface area contributed by atoms with Gasteiger partial charge in [0.15, 0.2) is 0 Å². The average molecular weight is 304 g/mol. The van der Waals surface area contributed by atoms with Gasteiger partial charge in [-0.05, 0) is 24.0 Å². The SMILES string of the molecule is O=C(O)CCCc1cccc(CI)c1. The summed E-state index contributed by atoms with van der Waals surface area (Å²) in [5.74, 6) is -0.713. The second kappa shape index (κ2) is 6.01. The lowest BCUT2D eigenvalue weighted by Gasteiger charge is -2.01. The highest BCUT2D eigenvalue weighted by Crippen LogP contribution is 2.11. The van der Waals surface area contributed by atoms with Crippen LogP contribution in [-0.2, 0) is 15.6 Å². The van der Waals surface area contributed by atoms with Crippen molar-refractivity contribution in [3.63, 3.8) is 0 Å². The lowest BCUT2D eigenvalue weighted by atomic mass is 10.1. The van der Waals surface area contributed by atoms with Gasteiger partial charge in [-0.25, -0.2) is 0 Å². The number of alkyl halides is 1. The molecule has 1 aromatic carbocycles. The summed E-state index contributed by atoms with van der Waals surface area (Å²) >= 11 is 2.32. The van der Waals surface area contributed by atoms with E-state index in [1.54, 1.807) is 0 Å². The number of carbonyl (C=O) groups is 1. The lowest BCUT2D eigenvalue weighted by Crippen LogP contribution is -1.96. The number of carboxylic acids is 1. The molecule has 1 aromatic rings. The molecule has 1 N–H and O–H groups in total. The number of rotatable bonds is 5. The number of aliphatic carboxylic acids is 1. The predicted octanol–water partition coefficient (Wildman–Crippen LogP) is 3.03. The molecule has 0 aliphatic rings. The number of halogens is 1. The van der Waals surface area contributed by atoms with Crippen molar-refractivity contribution in [3.8, 4) is 0 Å². The zero-order valence-corrected chi connectivity index (χ0v) is 10.0. The minimum atomic E-state index is -0.713. The van der Waals surface area contributed by atoms with Crippen LogP contribution in [0.2, 0.25) is 0 Å². The van der Waals surface area contributed by atoms with Gasteiger partial charge in [-0.3, -0.25) is 4.79 Å². The van der Waals surface area contributed by atoms with Crippen molar-refractivity contribution >= 4 is 28.6 Å². The highest BCUT2D eigenvalue weighted by Gasteiger charge is 1.98. The van der Waals surface area contributed by atoms with Crippen molar-refractivity contribution in [2.24, 2.45) is 0 Å². The molecule has 1 rings (SSSR count). The third-order valence-electron chi connectivity index (χ3n) is 2.00. The maximum atomic E-state index is 10.3. The van der Waals surface area contributed by atoms with Crippen molar-refractivity contribution in [1.29, 1.82) is 0 Å². The Kier molecular flexibility index (Phi) is 4.93. The fourth-order valence-corrected chi connectivity index (χ4v) is 1.79. The number of carboxylic acid groups (broad SMARTS) is 1. The fourth-order valence-electron chi connectivity index (χ4n) is 1.31. The van der Waals surface area contributed by atoms with Crippen LogP contribution in [-0.4, -0.2) is 11.1 Å². The van der Waals surface area contributed by atoms with Gasteiger partial charge in [0.2, 0.25) is 0 Å². The van der Waals surface area contributed by atoms with E-state index in [0.29, 0.717) is 0 Å². The maximum absolute atomic E-state index is 10.3. The van der Waals surface area contributed by atoms with Crippen LogP contribution in [0.3, 0.4) is 0 Å². The Hall–Kier alpha value is -0.580. The van der Waals surface area contributed by atoms with Crippen LogP contribution in [0.1, 0.15) is 24.0 Å². The molecular weight excluding hydrogens is 291 g/mol.